The largest absolute Gasteiger partial charge is 0.417 e. The van der Waals surface area contributed by atoms with Crippen LogP contribution in [0.25, 0.3) is 11.1 Å². The van der Waals surface area contributed by atoms with Gasteiger partial charge in [0.25, 0.3) is 0 Å². The summed E-state index contributed by atoms with van der Waals surface area (Å²) in [5.74, 6) is 0. The SMILES string of the molecule is Nc1cc(C=O)ccc1-c1ccccc1C(F)(F)F. The maximum absolute atomic E-state index is 12.9. The second-order valence-corrected chi connectivity index (χ2v) is 4.01. The van der Waals surface area contributed by atoms with E-state index in [0.29, 0.717) is 11.8 Å². The van der Waals surface area contributed by atoms with E-state index in [4.69, 9.17) is 5.73 Å². The van der Waals surface area contributed by atoms with Crippen LogP contribution in [0, 0.1) is 0 Å². The van der Waals surface area contributed by atoms with Gasteiger partial charge in [-0.2, -0.15) is 13.2 Å². The molecular weight excluding hydrogens is 255 g/mol. The van der Waals surface area contributed by atoms with Gasteiger partial charge in [0, 0.05) is 16.8 Å². The van der Waals surface area contributed by atoms with Gasteiger partial charge in [-0.15, -0.1) is 0 Å². The number of carbonyl (C=O) groups excluding carboxylic acids is 1. The first-order valence-corrected chi connectivity index (χ1v) is 5.45. The molecule has 0 saturated carbocycles. The van der Waals surface area contributed by atoms with Gasteiger partial charge in [0.2, 0.25) is 0 Å². The molecule has 0 unspecified atom stereocenters. The number of hydrogen-bond donors (Lipinski definition) is 1. The van der Waals surface area contributed by atoms with Crippen molar-refractivity contribution in [2.75, 3.05) is 5.73 Å². The molecule has 0 atom stereocenters. The third-order valence-electron chi connectivity index (χ3n) is 2.73. The average Bonchev–Trinajstić information content (AvgIpc) is 2.37. The van der Waals surface area contributed by atoms with Crippen molar-refractivity contribution in [3.8, 4) is 11.1 Å². The number of nitrogens with two attached hydrogens (primary N) is 1. The topological polar surface area (TPSA) is 43.1 Å². The molecule has 2 aromatic rings. The van der Waals surface area contributed by atoms with Gasteiger partial charge in [0.05, 0.1) is 5.56 Å². The zero-order valence-electron chi connectivity index (χ0n) is 9.74. The van der Waals surface area contributed by atoms with Crippen molar-refractivity contribution in [3.63, 3.8) is 0 Å². The van der Waals surface area contributed by atoms with E-state index in [9.17, 15) is 18.0 Å². The lowest BCUT2D eigenvalue weighted by atomic mass is 9.97. The number of halogens is 3. The lowest BCUT2D eigenvalue weighted by molar-refractivity contribution is -0.137. The fraction of sp³-hybridized carbons (Fsp3) is 0.0714. The van der Waals surface area contributed by atoms with E-state index in [1.807, 2.05) is 0 Å². The van der Waals surface area contributed by atoms with Crippen LogP contribution in [0.4, 0.5) is 18.9 Å². The Bertz CT molecular complexity index is 620. The predicted octanol–water partition coefficient (Wildman–Crippen LogP) is 3.77. The number of rotatable bonds is 2. The molecule has 98 valence electrons. The van der Waals surface area contributed by atoms with Gasteiger partial charge < -0.3 is 5.73 Å². The summed E-state index contributed by atoms with van der Waals surface area (Å²) in [5, 5.41) is 0. The quantitative estimate of drug-likeness (QED) is 0.663. The van der Waals surface area contributed by atoms with E-state index >= 15 is 0 Å². The highest BCUT2D eigenvalue weighted by Gasteiger charge is 2.33. The molecule has 0 aromatic heterocycles. The Morgan fingerprint density at radius 1 is 1.00 bits per heavy atom. The van der Waals surface area contributed by atoms with Crippen molar-refractivity contribution in [2.24, 2.45) is 0 Å². The van der Waals surface area contributed by atoms with E-state index in [2.05, 4.69) is 0 Å². The predicted molar refractivity (Wildman–Crippen MR) is 66.7 cm³/mol. The van der Waals surface area contributed by atoms with Crippen LogP contribution in [0.5, 0.6) is 0 Å². The van der Waals surface area contributed by atoms with Crippen LogP contribution in [-0.2, 0) is 6.18 Å². The molecule has 0 saturated heterocycles. The van der Waals surface area contributed by atoms with Crippen LogP contribution in [-0.4, -0.2) is 6.29 Å². The van der Waals surface area contributed by atoms with Gasteiger partial charge in [0.15, 0.2) is 0 Å². The summed E-state index contributed by atoms with van der Waals surface area (Å²) in [6.45, 7) is 0. The summed E-state index contributed by atoms with van der Waals surface area (Å²) in [7, 11) is 0. The summed E-state index contributed by atoms with van der Waals surface area (Å²) < 4.78 is 38.7. The normalized spacial score (nSPS) is 11.3. The van der Waals surface area contributed by atoms with E-state index in [1.54, 1.807) is 0 Å². The molecular formula is C14H10F3NO. The molecule has 0 fully saturated rings. The minimum Gasteiger partial charge on any atom is -0.398 e. The van der Waals surface area contributed by atoms with Crippen LogP contribution in [0.15, 0.2) is 42.5 Å². The van der Waals surface area contributed by atoms with Crippen LogP contribution < -0.4 is 5.73 Å². The lowest BCUT2D eigenvalue weighted by Crippen LogP contribution is -2.07. The molecule has 5 heteroatoms. The van der Waals surface area contributed by atoms with Crippen molar-refractivity contribution < 1.29 is 18.0 Å². The minimum atomic E-state index is -4.45. The van der Waals surface area contributed by atoms with Gasteiger partial charge >= 0.3 is 6.18 Å². The van der Waals surface area contributed by atoms with Gasteiger partial charge in [-0.1, -0.05) is 30.3 Å². The molecule has 0 bridgehead atoms. The summed E-state index contributed by atoms with van der Waals surface area (Å²) >= 11 is 0. The highest BCUT2D eigenvalue weighted by molar-refractivity contribution is 5.85. The first-order chi connectivity index (χ1) is 8.93. The number of aldehydes is 1. The van der Waals surface area contributed by atoms with Gasteiger partial charge in [0.1, 0.15) is 6.29 Å². The highest BCUT2D eigenvalue weighted by Crippen LogP contribution is 2.38. The smallest absolute Gasteiger partial charge is 0.398 e. The molecule has 2 aromatic carbocycles. The third-order valence-corrected chi connectivity index (χ3v) is 2.73. The van der Waals surface area contributed by atoms with Crippen molar-refractivity contribution in [3.05, 3.63) is 53.6 Å². The minimum absolute atomic E-state index is 0.00458. The molecule has 19 heavy (non-hydrogen) atoms. The number of hydrogen-bond acceptors (Lipinski definition) is 2. The Hall–Kier alpha value is -2.30. The Morgan fingerprint density at radius 2 is 1.68 bits per heavy atom. The molecule has 0 aliphatic heterocycles. The van der Waals surface area contributed by atoms with Crippen LogP contribution in [0.1, 0.15) is 15.9 Å². The molecule has 0 aliphatic rings. The Labute approximate surface area is 107 Å². The number of nitrogen functional groups attached to an aromatic ring is 1. The molecule has 2 nitrogen and oxygen atoms in total. The average molecular weight is 265 g/mol. The number of carbonyl (C=O) groups is 1. The molecule has 2 rings (SSSR count). The van der Waals surface area contributed by atoms with Crippen molar-refractivity contribution in [2.45, 2.75) is 6.18 Å². The summed E-state index contributed by atoms with van der Waals surface area (Å²) in [6.07, 6.45) is -3.86. The number of anilines is 1. The maximum atomic E-state index is 12.9. The third kappa shape index (κ3) is 2.59. The lowest BCUT2D eigenvalue weighted by Gasteiger charge is -2.14. The van der Waals surface area contributed by atoms with E-state index in [0.717, 1.165) is 6.07 Å². The summed E-state index contributed by atoms with van der Waals surface area (Å²) in [4.78, 5) is 10.6. The van der Waals surface area contributed by atoms with Crippen LogP contribution >= 0.6 is 0 Å². The molecule has 0 radical (unpaired) electrons. The van der Waals surface area contributed by atoms with E-state index < -0.39 is 11.7 Å². The highest BCUT2D eigenvalue weighted by atomic mass is 19.4. The fourth-order valence-electron chi connectivity index (χ4n) is 1.86. The maximum Gasteiger partial charge on any atom is 0.417 e. The number of benzene rings is 2. The molecule has 0 aliphatic carbocycles. The standard InChI is InChI=1S/C14H10F3NO/c15-14(16,17)12-4-2-1-3-10(12)11-6-5-9(8-19)7-13(11)18/h1-8H,18H2. The summed E-state index contributed by atoms with van der Waals surface area (Å²) in [6, 6.07) is 9.41. The van der Waals surface area contributed by atoms with Gasteiger partial charge in [-0.05, 0) is 17.7 Å². The second-order valence-electron chi connectivity index (χ2n) is 4.01. The Morgan fingerprint density at radius 3 is 2.26 bits per heavy atom. The van der Waals surface area contributed by atoms with E-state index in [-0.39, 0.29) is 16.8 Å². The summed E-state index contributed by atoms with van der Waals surface area (Å²) in [5.41, 5.74) is 5.70. The first-order valence-electron chi connectivity index (χ1n) is 5.45. The molecule has 0 heterocycles. The van der Waals surface area contributed by atoms with Crippen molar-refractivity contribution in [1.29, 1.82) is 0 Å². The van der Waals surface area contributed by atoms with Gasteiger partial charge in [-0.3, -0.25) is 4.79 Å². The zero-order chi connectivity index (χ0) is 14.0. The molecule has 2 N–H and O–H groups in total. The van der Waals surface area contributed by atoms with Crippen molar-refractivity contribution >= 4 is 12.0 Å². The van der Waals surface area contributed by atoms with Crippen LogP contribution in [0.3, 0.4) is 0 Å². The Balaban J connectivity index is 2.63. The fourth-order valence-corrected chi connectivity index (χ4v) is 1.86. The van der Waals surface area contributed by atoms with E-state index in [1.165, 1.54) is 36.4 Å². The van der Waals surface area contributed by atoms with Crippen LogP contribution in [0.2, 0.25) is 0 Å². The zero-order valence-corrected chi connectivity index (χ0v) is 9.74. The molecule has 0 spiro atoms. The second kappa shape index (κ2) is 4.76. The monoisotopic (exact) mass is 265 g/mol. The van der Waals surface area contributed by atoms with Gasteiger partial charge in [-0.25, -0.2) is 0 Å². The molecule has 0 amide bonds. The van der Waals surface area contributed by atoms with Crippen molar-refractivity contribution in [1.82, 2.24) is 0 Å². The number of alkyl halides is 3. The Kier molecular flexibility index (Phi) is 3.29. The first kappa shape index (κ1) is 13.1.